The maximum absolute atomic E-state index is 13.0. The molecule has 4 rings (SSSR count). The normalized spacial score (nSPS) is 12.1. The van der Waals surface area contributed by atoms with Crippen LogP contribution in [0.2, 0.25) is 0 Å². The zero-order valence-corrected chi connectivity index (χ0v) is 19.7. The second-order valence-corrected chi connectivity index (χ2v) is 10.4. The van der Waals surface area contributed by atoms with E-state index in [1.807, 2.05) is 12.1 Å². The number of hydrogen-bond acceptors (Lipinski definition) is 7. The number of nitrogens with one attached hydrogen (secondary N) is 1. The molecular weight excluding hydrogens is 506 g/mol. The van der Waals surface area contributed by atoms with Crippen LogP contribution in [-0.2, 0) is 12.4 Å². The first-order valence-corrected chi connectivity index (χ1v) is 13.1. The van der Waals surface area contributed by atoms with Gasteiger partial charge in [0, 0.05) is 29.7 Å². The smallest absolute Gasteiger partial charge is 0.123 e. The van der Waals surface area contributed by atoms with Crippen molar-refractivity contribution in [2.45, 2.75) is 6.92 Å². The zero-order valence-electron chi connectivity index (χ0n) is 17.9. The molecule has 3 N–H and O–H groups in total. The van der Waals surface area contributed by atoms with E-state index in [0.717, 1.165) is 22.4 Å². The summed E-state index contributed by atoms with van der Waals surface area (Å²) in [6, 6.07) is 15.9. The van der Waals surface area contributed by atoms with E-state index in [1.54, 1.807) is 36.8 Å². The van der Waals surface area contributed by atoms with Crippen LogP contribution in [0.25, 0.3) is 22.4 Å². The number of nitrogens with zero attached hydrogens (tertiary/aromatic N) is 3. The van der Waals surface area contributed by atoms with Crippen molar-refractivity contribution in [3.8, 4) is 22.4 Å². The van der Waals surface area contributed by atoms with Crippen LogP contribution in [0.4, 0.5) is 10.1 Å². The Bertz CT molecular complexity index is 1310. The van der Waals surface area contributed by atoms with Gasteiger partial charge in [0.05, 0.1) is 5.69 Å². The van der Waals surface area contributed by atoms with Gasteiger partial charge in [-0.05, 0) is 29.8 Å². The Balaban J connectivity index is 0.000000197. The van der Waals surface area contributed by atoms with E-state index in [9.17, 15) is 17.0 Å². The van der Waals surface area contributed by atoms with E-state index in [0.29, 0.717) is 0 Å². The molecular formula is C23H20AsFN4O5. The Morgan fingerprint density at radius 3 is 2.32 bits per heavy atom. The third kappa shape index (κ3) is 6.43. The maximum atomic E-state index is 13.0. The fourth-order valence-corrected chi connectivity index (χ4v) is 4.64. The summed E-state index contributed by atoms with van der Waals surface area (Å²) in [6.07, 6.45) is 6.66. The predicted octanol–water partition coefficient (Wildman–Crippen LogP) is 3.05. The molecule has 0 aliphatic heterocycles. The SMILES string of the molecule is CC(=O)Nc1ccccc1[As](=O)(O)OO.Fc1ccc(-c2cncnc2-c2ccncc2)cc1. The molecule has 1 amide bonds. The largest absolute Gasteiger partial charge is 0.265 e. The van der Waals surface area contributed by atoms with E-state index in [-0.39, 0.29) is 21.8 Å². The van der Waals surface area contributed by atoms with Crippen molar-refractivity contribution in [1.29, 1.82) is 0 Å². The molecule has 0 aliphatic rings. The van der Waals surface area contributed by atoms with Crippen LogP contribution in [0.5, 0.6) is 0 Å². The molecule has 4 aromatic rings. The first-order valence-electron chi connectivity index (χ1n) is 9.81. The number of hydrogen-bond donors (Lipinski definition) is 3. The fraction of sp³-hybridized carbons (Fsp3) is 0.0435. The summed E-state index contributed by atoms with van der Waals surface area (Å²) in [5.41, 5.74) is 3.67. The van der Waals surface area contributed by atoms with Crippen molar-refractivity contribution in [1.82, 2.24) is 15.0 Å². The van der Waals surface area contributed by atoms with Gasteiger partial charge in [0.25, 0.3) is 0 Å². The van der Waals surface area contributed by atoms with Crippen LogP contribution in [-0.4, -0.2) is 44.4 Å². The molecule has 0 spiro atoms. The first kappa shape index (κ1) is 24.9. The topological polar surface area (TPSA) is 135 Å². The molecule has 0 fully saturated rings. The van der Waals surface area contributed by atoms with Gasteiger partial charge < -0.3 is 0 Å². The van der Waals surface area contributed by atoms with E-state index in [1.165, 1.54) is 43.6 Å². The standard InChI is InChI=1S/C15H10FN3.C8H10AsNO5/c16-13-3-1-11(2-4-13)14-9-18-10-19-15(14)12-5-7-17-8-6-12;1-6(11)10-8-5-3-2-4-7(8)9(12,13)15-14/h1-10H;2-5,14H,1H3,(H,10,11)(H,12,13). The molecule has 0 saturated carbocycles. The molecule has 0 aliphatic carbocycles. The quantitative estimate of drug-likeness (QED) is 0.205. The van der Waals surface area contributed by atoms with Gasteiger partial charge in [-0.25, -0.2) is 14.4 Å². The van der Waals surface area contributed by atoms with Gasteiger partial charge in [-0.15, -0.1) is 0 Å². The third-order valence-corrected chi connectivity index (χ3v) is 7.01. The number of aromatic nitrogens is 3. The number of benzene rings is 2. The molecule has 9 nitrogen and oxygen atoms in total. The Labute approximate surface area is 197 Å². The minimum absolute atomic E-state index is 0.103. The number of carbonyl (C=O) groups excluding carboxylic acids is 1. The van der Waals surface area contributed by atoms with E-state index >= 15 is 0 Å². The minimum atomic E-state index is -4.92. The van der Waals surface area contributed by atoms with E-state index in [4.69, 9.17) is 5.26 Å². The van der Waals surface area contributed by atoms with Gasteiger partial charge in [0.15, 0.2) is 0 Å². The number of anilines is 1. The predicted molar refractivity (Wildman–Crippen MR) is 123 cm³/mol. The summed E-state index contributed by atoms with van der Waals surface area (Å²) in [7, 11) is 0. The van der Waals surface area contributed by atoms with Gasteiger partial charge in [0.1, 0.15) is 12.1 Å². The number of halogens is 1. The van der Waals surface area contributed by atoms with Gasteiger partial charge >= 0.3 is 88.4 Å². The number of carbonyl (C=O) groups is 1. The second-order valence-electron chi connectivity index (χ2n) is 6.83. The Morgan fingerprint density at radius 2 is 1.68 bits per heavy atom. The van der Waals surface area contributed by atoms with Gasteiger partial charge in [-0.3, -0.25) is 4.98 Å². The number of amides is 1. The molecule has 11 heteroatoms. The van der Waals surface area contributed by atoms with Gasteiger partial charge in [0.2, 0.25) is 0 Å². The van der Waals surface area contributed by atoms with Crippen molar-refractivity contribution >= 4 is 30.1 Å². The molecule has 2 aromatic carbocycles. The molecule has 174 valence electrons. The molecule has 2 aromatic heterocycles. The number of rotatable bonds is 5. The van der Waals surface area contributed by atoms with Crippen LogP contribution >= 0.6 is 0 Å². The Kier molecular flexibility index (Phi) is 8.39. The average Bonchev–Trinajstić information content (AvgIpc) is 2.85. The summed E-state index contributed by atoms with van der Waals surface area (Å²) >= 11 is -4.92. The molecule has 1 atom stereocenters. The van der Waals surface area contributed by atoms with Crippen LogP contribution < -0.4 is 9.67 Å². The molecule has 0 bridgehead atoms. The van der Waals surface area contributed by atoms with Gasteiger partial charge in [-0.2, -0.15) is 0 Å². The van der Waals surface area contributed by atoms with Crippen LogP contribution in [0.15, 0.2) is 85.6 Å². The summed E-state index contributed by atoms with van der Waals surface area (Å²) in [6.45, 7) is 1.27. The second kappa shape index (κ2) is 11.4. The van der Waals surface area contributed by atoms with E-state index < -0.39 is 14.2 Å². The Morgan fingerprint density at radius 1 is 1.00 bits per heavy atom. The van der Waals surface area contributed by atoms with Crippen LogP contribution in [0, 0.1) is 5.82 Å². The van der Waals surface area contributed by atoms with Gasteiger partial charge in [-0.1, -0.05) is 12.1 Å². The van der Waals surface area contributed by atoms with Crippen molar-refractivity contribution in [2.24, 2.45) is 0 Å². The van der Waals surface area contributed by atoms with E-state index in [2.05, 4.69) is 24.1 Å². The third-order valence-electron chi connectivity index (χ3n) is 4.45. The Hall–Kier alpha value is -3.69. The molecule has 1 unspecified atom stereocenters. The average molecular weight is 526 g/mol. The molecule has 0 saturated heterocycles. The minimum Gasteiger partial charge on any atom is -0.265 e. The fourth-order valence-electron chi connectivity index (χ4n) is 2.97. The summed E-state index contributed by atoms with van der Waals surface area (Å²) < 4.78 is 37.1. The summed E-state index contributed by atoms with van der Waals surface area (Å²) in [4.78, 5) is 23.2. The van der Waals surface area contributed by atoms with Crippen molar-refractivity contribution in [3.05, 3.63) is 91.4 Å². The monoisotopic (exact) mass is 526 g/mol. The number of pyridine rings is 1. The molecule has 34 heavy (non-hydrogen) atoms. The van der Waals surface area contributed by atoms with Crippen LogP contribution in [0.1, 0.15) is 6.92 Å². The zero-order chi connectivity index (χ0) is 24.6. The van der Waals surface area contributed by atoms with Crippen molar-refractivity contribution in [3.63, 3.8) is 0 Å². The van der Waals surface area contributed by atoms with Crippen molar-refractivity contribution in [2.75, 3.05) is 5.32 Å². The summed E-state index contributed by atoms with van der Waals surface area (Å²) in [5, 5.41) is 10.7. The number of para-hydroxylation sites is 1. The molecule has 0 radical (unpaired) electrons. The van der Waals surface area contributed by atoms with Crippen LogP contribution in [0.3, 0.4) is 0 Å². The van der Waals surface area contributed by atoms with Crippen molar-refractivity contribution < 1.29 is 26.2 Å². The molecule has 2 heterocycles. The first-order chi connectivity index (χ1) is 16.3. The summed E-state index contributed by atoms with van der Waals surface area (Å²) in [5.74, 6) is -0.637. The maximum Gasteiger partial charge on any atom is 0.123 e.